The molecule has 1 saturated heterocycles. The van der Waals surface area contributed by atoms with Crippen LogP contribution >= 0.6 is 11.6 Å². The predicted octanol–water partition coefficient (Wildman–Crippen LogP) is 1.86. The maximum atomic E-state index is 12.6. The van der Waals surface area contributed by atoms with E-state index in [-0.39, 0.29) is 16.9 Å². The fraction of sp³-hybridized carbons (Fsp3) is 0.455. The first-order valence-corrected chi connectivity index (χ1v) is 11.0. The molecule has 0 bridgehead atoms. The molecular formula is C22H27ClN6O3. The molecule has 9 nitrogen and oxygen atoms in total. The minimum Gasteiger partial charge on any atom is -0.369 e. The van der Waals surface area contributed by atoms with E-state index in [9.17, 15) is 14.4 Å². The number of benzene rings is 1. The number of rotatable bonds is 5. The molecule has 1 aliphatic rings. The van der Waals surface area contributed by atoms with Crippen molar-refractivity contribution in [3.05, 3.63) is 55.4 Å². The van der Waals surface area contributed by atoms with Gasteiger partial charge in [0.15, 0.2) is 16.9 Å². The molecule has 0 amide bonds. The first-order valence-electron chi connectivity index (χ1n) is 10.6. The number of hydrogen-bond acceptors (Lipinski definition) is 6. The van der Waals surface area contributed by atoms with Crippen LogP contribution in [0, 0.1) is 6.92 Å². The van der Waals surface area contributed by atoms with E-state index in [0.29, 0.717) is 12.4 Å². The number of H-pyrrole nitrogens is 1. The molecule has 0 aliphatic carbocycles. The molecule has 0 spiro atoms. The van der Waals surface area contributed by atoms with Gasteiger partial charge in [0.1, 0.15) is 5.82 Å². The number of halogens is 1. The highest BCUT2D eigenvalue weighted by Gasteiger charge is 2.26. The molecule has 4 rings (SSSR count). The van der Waals surface area contributed by atoms with Crippen molar-refractivity contribution in [2.75, 3.05) is 31.1 Å². The molecule has 3 aromatic rings. The van der Waals surface area contributed by atoms with E-state index < -0.39 is 17.3 Å². The van der Waals surface area contributed by atoms with Crippen LogP contribution in [-0.2, 0) is 18.4 Å². The van der Waals surface area contributed by atoms with Gasteiger partial charge in [0, 0.05) is 43.9 Å². The van der Waals surface area contributed by atoms with E-state index in [1.54, 1.807) is 18.5 Å². The van der Waals surface area contributed by atoms with Crippen LogP contribution in [0.4, 0.5) is 5.69 Å². The van der Waals surface area contributed by atoms with Crippen molar-refractivity contribution < 1.29 is 4.79 Å². The number of imidazole rings is 1. The number of fused-ring (bicyclic) bond motifs is 1. The Bertz CT molecular complexity index is 1300. The number of carbonyl (C=O) groups is 1. The fourth-order valence-corrected chi connectivity index (χ4v) is 4.39. The molecule has 3 heterocycles. The Morgan fingerprint density at radius 2 is 1.91 bits per heavy atom. The number of aromatic nitrogens is 4. The number of Topliss-reactive ketones (excluding diaryl/α,β-unsaturated/α-hetero) is 1. The van der Waals surface area contributed by atoms with E-state index in [0.717, 1.165) is 36.9 Å². The molecule has 1 aromatic carbocycles. The van der Waals surface area contributed by atoms with Gasteiger partial charge in [-0.05, 0) is 38.5 Å². The summed E-state index contributed by atoms with van der Waals surface area (Å²) in [6, 6.07) is 5.35. The third kappa shape index (κ3) is 3.98. The van der Waals surface area contributed by atoms with Crippen molar-refractivity contribution in [2.24, 2.45) is 7.05 Å². The average molecular weight is 459 g/mol. The molecule has 1 atom stereocenters. The lowest BCUT2D eigenvalue weighted by atomic mass is 10.1. The predicted molar refractivity (Wildman–Crippen MR) is 125 cm³/mol. The van der Waals surface area contributed by atoms with Crippen LogP contribution in [0.3, 0.4) is 0 Å². The number of aryl methyl sites for hydroxylation is 2. The Labute approximate surface area is 190 Å². The quantitative estimate of drug-likeness (QED) is 0.627. The number of piperazine rings is 1. The average Bonchev–Trinajstić information content (AvgIpc) is 3.13. The van der Waals surface area contributed by atoms with Crippen LogP contribution in [0.5, 0.6) is 0 Å². The standard InChI is InChI=1S/C22H27ClN6O3/c1-13-5-6-16(23)11-17(13)28-9-7-27(8-10-28)12-18-24-20-19(29(18)14(2)15(3)30)21(31)25-22(32)26(20)4/h5-6,11,14H,7-10,12H2,1-4H3,(H,25,31,32). The molecular weight excluding hydrogens is 432 g/mol. The molecule has 32 heavy (non-hydrogen) atoms. The number of carbonyl (C=O) groups excluding carboxylic acids is 1. The van der Waals surface area contributed by atoms with Gasteiger partial charge in [0.05, 0.1) is 12.6 Å². The molecule has 0 saturated carbocycles. The van der Waals surface area contributed by atoms with E-state index in [4.69, 9.17) is 11.6 Å². The molecule has 170 valence electrons. The second-order valence-electron chi connectivity index (χ2n) is 8.37. The normalized spacial score (nSPS) is 16.0. The largest absolute Gasteiger partial charge is 0.369 e. The second kappa shape index (κ2) is 8.55. The lowest BCUT2D eigenvalue weighted by molar-refractivity contribution is -0.119. The molecule has 1 unspecified atom stereocenters. The Morgan fingerprint density at radius 1 is 1.22 bits per heavy atom. The lowest BCUT2D eigenvalue weighted by Crippen LogP contribution is -2.46. The first-order chi connectivity index (χ1) is 15.2. The van der Waals surface area contributed by atoms with Crippen molar-refractivity contribution in [1.82, 2.24) is 24.0 Å². The van der Waals surface area contributed by atoms with Crippen LogP contribution in [0.25, 0.3) is 11.2 Å². The van der Waals surface area contributed by atoms with Gasteiger partial charge in [-0.3, -0.25) is 24.0 Å². The highest BCUT2D eigenvalue weighted by Crippen LogP contribution is 2.26. The molecule has 10 heteroatoms. The zero-order valence-corrected chi connectivity index (χ0v) is 19.4. The van der Waals surface area contributed by atoms with Crippen molar-refractivity contribution in [3.63, 3.8) is 0 Å². The fourth-order valence-electron chi connectivity index (χ4n) is 4.23. The summed E-state index contributed by atoms with van der Waals surface area (Å²) in [5.74, 6) is 0.516. The number of nitrogens with one attached hydrogen (secondary N) is 1. The monoisotopic (exact) mass is 458 g/mol. The molecule has 1 fully saturated rings. The van der Waals surface area contributed by atoms with Crippen molar-refractivity contribution in [1.29, 1.82) is 0 Å². The van der Waals surface area contributed by atoms with Crippen LogP contribution in [0.1, 0.15) is 31.3 Å². The van der Waals surface area contributed by atoms with Gasteiger partial charge in [-0.15, -0.1) is 0 Å². The van der Waals surface area contributed by atoms with Gasteiger partial charge in [-0.2, -0.15) is 0 Å². The third-order valence-corrected chi connectivity index (χ3v) is 6.48. The topological polar surface area (TPSA) is 96.2 Å². The van der Waals surface area contributed by atoms with Crippen LogP contribution in [-0.4, -0.2) is 56.0 Å². The highest BCUT2D eigenvalue weighted by atomic mass is 35.5. The van der Waals surface area contributed by atoms with Gasteiger partial charge >= 0.3 is 5.69 Å². The second-order valence-corrected chi connectivity index (χ2v) is 8.81. The first kappa shape index (κ1) is 22.3. The Balaban J connectivity index is 1.63. The SMILES string of the molecule is CC(=O)C(C)n1c(CN2CCN(c3cc(Cl)ccc3C)CC2)nc2c1c(=O)[nH]c(=O)n2C. The molecule has 0 radical (unpaired) electrons. The van der Waals surface area contributed by atoms with Crippen LogP contribution < -0.4 is 16.1 Å². The van der Waals surface area contributed by atoms with Crippen molar-refractivity contribution >= 4 is 34.2 Å². The van der Waals surface area contributed by atoms with Crippen LogP contribution in [0.15, 0.2) is 27.8 Å². The molecule has 2 aromatic heterocycles. The van der Waals surface area contributed by atoms with Gasteiger partial charge in [-0.1, -0.05) is 17.7 Å². The highest BCUT2D eigenvalue weighted by molar-refractivity contribution is 6.30. The number of hydrogen-bond donors (Lipinski definition) is 1. The number of anilines is 1. The Hall–Kier alpha value is -2.91. The number of nitrogens with zero attached hydrogens (tertiary/aromatic N) is 5. The zero-order valence-electron chi connectivity index (χ0n) is 18.7. The summed E-state index contributed by atoms with van der Waals surface area (Å²) in [7, 11) is 1.56. The smallest absolute Gasteiger partial charge is 0.329 e. The maximum Gasteiger partial charge on any atom is 0.329 e. The minimum absolute atomic E-state index is 0.0833. The van der Waals surface area contributed by atoms with Gasteiger partial charge in [-0.25, -0.2) is 9.78 Å². The number of aromatic amines is 1. The van der Waals surface area contributed by atoms with Gasteiger partial charge in [0.25, 0.3) is 5.56 Å². The minimum atomic E-state index is -0.566. The van der Waals surface area contributed by atoms with E-state index in [1.807, 2.05) is 18.2 Å². The number of ketones is 1. The maximum absolute atomic E-state index is 12.6. The van der Waals surface area contributed by atoms with Crippen LogP contribution in [0.2, 0.25) is 5.02 Å². The Kier molecular flexibility index (Phi) is 5.96. The summed E-state index contributed by atoms with van der Waals surface area (Å²) in [6.07, 6.45) is 0. The molecule has 1 aliphatic heterocycles. The molecule has 1 N–H and O–H groups in total. The summed E-state index contributed by atoms with van der Waals surface area (Å²) >= 11 is 6.19. The third-order valence-electron chi connectivity index (χ3n) is 6.25. The van der Waals surface area contributed by atoms with E-state index >= 15 is 0 Å². The van der Waals surface area contributed by atoms with Crippen molar-refractivity contribution in [3.8, 4) is 0 Å². The summed E-state index contributed by atoms with van der Waals surface area (Å²) in [5.41, 5.74) is 1.79. The summed E-state index contributed by atoms with van der Waals surface area (Å²) < 4.78 is 2.98. The van der Waals surface area contributed by atoms with Gasteiger partial charge < -0.3 is 9.47 Å². The summed E-state index contributed by atoms with van der Waals surface area (Å²) in [5, 5.41) is 0.718. The van der Waals surface area contributed by atoms with E-state index in [1.165, 1.54) is 17.1 Å². The van der Waals surface area contributed by atoms with E-state index in [2.05, 4.69) is 26.7 Å². The summed E-state index contributed by atoms with van der Waals surface area (Å²) in [6.45, 7) is 9.01. The Morgan fingerprint density at radius 3 is 2.56 bits per heavy atom. The van der Waals surface area contributed by atoms with Gasteiger partial charge in [0.2, 0.25) is 0 Å². The lowest BCUT2D eigenvalue weighted by Gasteiger charge is -2.36. The van der Waals surface area contributed by atoms with Crippen molar-refractivity contribution in [2.45, 2.75) is 33.4 Å². The summed E-state index contributed by atoms with van der Waals surface area (Å²) in [4.78, 5) is 48.3. The zero-order chi connectivity index (χ0) is 23.2.